The summed E-state index contributed by atoms with van der Waals surface area (Å²) in [7, 11) is 0. The average molecular weight is 128 g/mol. The van der Waals surface area contributed by atoms with E-state index < -0.39 is 12.1 Å². The molecule has 3 nitrogen and oxygen atoms in total. The number of carbonyl (C=O) groups is 1. The van der Waals surface area contributed by atoms with E-state index in [2.05, 4.69) is 0 Å². The van der Waals surface area contributed by atoms with E-state index in [0.717, 1.165) is 0 Å². The molecular formula is C4H9NaO3. The summed E-state index contributed by atoms with van der Waals surface area (Å²) in [5, 5.41) is 16.3. The minimum absolute atomic E-state index is 0. The summed E-state index contributed by atoms with van der Waals surface area (Å²) in [6.45, 7) is 1.44. The van der Waals surface area contributed by atoms with Crippen molar-refractivity contribution in [1.29, 1.82) is 0 Å². The standard InChI is InChI=1S/C4H8O3.Na.H/c1-3(5)2-4(6)7;;/h3,5H,2H2,1H3,(H,6,7);;/t3-;;/m0../s1. The van der Waals surface area contributed by atoms with Crippen molar-refractivity contribution in [3.05, 3.63) is 0 Å². The van der Waals surface area contributed by atoms with E-state index in [1.807, 2.05) is 0 Å². The molecular weight excluding hydrogens is 119 g/mol. The van der Waals surface area contributed by atoms with Gasteiger partial charge in [0, 0.05) is 0 Å². The van der Waals surface area contributed by atoms with Crippen molar-refractivity contribution >= 4 is 35.5 Å². The number of hydrogen-bond donors (Lipinski definition) is 2. The molecule has 0 saturated heterocycles. The third kappa shape index (κ3) is 9.66. The maximum absolute atomic E-state index is 9.65. The van der Waals surface area contributed by atoms with Gasteiger partial charge in [0.25, 0.3) is 0 Å². The Kier molecular flexibility index (Phi) is 7.83. The third-order valence-electron chi connectivity index (χ3n) is 0.470. The van der Waals surface area contributed by atoms with Gasteiger partial charge in [-0.25, -0.2) is 0 Å². The first kappa shape index (κ1) is 11.3. The molecule has 44 valence electrons. The van der Waals surface area contributed by atoms with Gasteiger partial charge in [-0.15, -0.1) is 0 Å². The molecule has 4 heteroatoms. The van der Waals surface area contributed by atoms with Crippen LogP contribution in [0.1, 0.15) is 13.3 Å². The molecule has 0 bridgehead atoms. The van der Waals surface area contributed by atoms with Crippen LogP contribution >= 0.6 is 0 Å². The molecule has 0 aromatic carbocycles. The van der Waals surface area contributed by atoms with E-state index in [0.29, 0.717) is 0 Å². The summed E-state index contributed by atoms with van der Waals surface area (Å²) in [6, 6.07) is 0. The van der Waals surface area contributed by atoms with Gasteiger partial charge in [-0.05, 0) is 6.92 Å². The molecule has 0 aliphatic heterocycles. The Hall–Kier alpha value is 0.430. The summed E-state index contributed by atoms with van der Waals surface area (Å²) in [5.41, 5.74) is 0. The molecule has 0 aliphatic rings. The zero-order chi connectivity index (χ0) is 5.86. The predicted octanol–water partition coefficient (Wildman–Crippen LogP) is -0.807. The number of hydrogen-bond acceptors (Lipinski definition) is 2. The van der Waals surface area contributed by atoms with E-state index in [-0.39, 0.29) is 36.0 Å². The Morgan fingerprint density at radius 1 is 1.75 bits per heavy atom. The van der Waals surface area contributed by atoms with Crippen LogP contribution in [-0.2, 0) is 4.79 Å². The topological polar surface area (TPSA) is 57.5 Å². The van der Waals surface area contributed by atoms with Gasteiger partial charge in [0.2, 0.25) is 0 Å². The van der Waals surface area contributed by atoms with Crippen LogP contribution in [-0.4, -0.2) is 51.8 Å². The molecule has 8 heavy (non-hydrogen) atoms. The van der Waals surface area contributed by atoms with Gasteiger partial charge < -0.3 is 10.2 Å². The number of aliphatic hydroxyl groups is 1. The van der Waals surface area contributed by atoms with E-state index in [1.54, 1.807) is 0 Å². The monoisotopic (exact) mass is 128 g/mol. The maximum atomic E-state index is 9.65. The van der Waals surface area contributed by atoms with Crippen LogP contribution < -0.4 is 0 Å². The van der Waals surface area contributed by atoms with Gasteiger partial charge in [-0.3, -0.25) is 4.79 Å². The molecule has 0 aromatic heterocycles. The minimum atomic E-state index is -0.963. The fraction of sp³-hybridized carbons (Fsp3) is 0.750. The van der Waals surface area contributed by atoms with Crippen LogP contribution in [0.4, 0.5) is 0 Å². The fourth-order valence-corrected chi connectivity index (χ4v) is 0.253. The first-order chi connectivity index (χ1) is 3.13. The van der Waals surface area contributed by atoms with Crippen LogP contribution in [0.15, 0.2) is 0 Å². The number of carboxylic acid groups (broad SMARTS) is 1. The molecule has 0 aliphatic carbocycles. The van der Waals surface area contributed by atoms with E-state index in [9.17, 15) is 4.79 Å². The van der Waals surface area contributed by atoms with E-state index in [1.165, 1.54) is 6.92 Å². The van der Waals surface area contributed by atoms with Crippen molar-refractivity contribution in [3.8, 4) is 0 Å². The molecule has 2 N–H and O–H groups in total. The summed E-state index contributed by atoms with van der Waals surface area (Å²) < 4.78 is 0. The second kappa shape index (κ2) is 5.56. The van der Waals surface area contributed by atoms with E-state index >= 15 is 0 Å². The van der Waals surface area contributed by atoms with Crippen LogP contribution in [0, 0.1) is 0 Å². The van der Waals surface area contributed by atoms with Crippen molar-refractivity contribution in [2.24, 2.45) is 0 Å². The summed E-state index contributed by atoms with van der Waals surface area (Å²) >= 11 is 0. The first-order valence-electron chi connectivity index (χ1n) is 2.03. The van der Waals surface area contributed by atoms with Crippen molar-refractivity contribution in [2.75, 3.05) is 0 Å². The van der Waals surface area contributed by atoms with Crippen LogP contribution in [0.2, 0.25) is 0 Å². The second-order valence-corrected chi connectivity index (χ2v) is 1.45. The number of rotatable bonds is 2. The molecule has 0 saturated carbocycles. The Balaban J connectivity index is 0. The van der Waals surface area contributed by atoms with Crippen molar-refractivity contribution in [1.82, 2.24) is 0 Å². The van der Waals surface area contributed by atoms with Gasteiger partial charge in [-0.2, -0.15) is 0 Å². The van der Waals surface area contributed by atoms with E-state index in [4.69, 9.17) is 10.2 Å². The molecule has 0 fully saturated rings. The van der Waals surface area contributed by atoms with Gasteiger partial charge in [0.15, 0.2) is 0 Å². The molecule has 0 amide bonds. The molecule has 0 heterocycles. The van der Waals surface area contributed by atoms with Crippen molar-refractivity contribution in [2.45, 2.75) is 19.4 Å². The molecule has 0 aromatic rings. The molecule has 0 spiro atoms. The van der Waals surface area contributed by atoms with Crippen LogP contribution in [0.25, 0.3) is 0 Å². The van der Waals surface area contributed by atoms with Gasteiger partial charge in [0.1, 0.15) is 0 Å². The average Bonchev–Trinajstić information content (AvgIpc) is 1.27. The van der Waals surface area contributed by atoms with Gasteiger partial charge in [0.05, 0.1) is 12.5 Å². The fourth-order valence-electron chi connectivity index (χ4n) is 0.253. The summed E-state index contributed by atoms with van der Waals surface area (Å²) in [4.78, 5) is 9.65. The molecule has 1 atom stereocenters. The quantitative estimate of drug-likeness (QED) is 0.478. The zero-order valence-electron chi connectivity index (χ0n) is 4.09. The van der Waals surface area contributed by atoms with Crippen molar-refractivity contribution in [3.63, 3.8) is 0 Å². The first-order valence-corrected chi connectivity index (χ1v) is 2.03. The van der Waals surface area contributed by atoms with Crippen molar-refractivity contribution < 1.29 is 15.0 Å². The number of aliphatic carboxylic acids is 1. The Morgan fingerprint density at radius 3 is 2.12 bits per heavy atom. The summed E-state index contributed by atoms with van der Waals surface area (Å²) in [6.07, 6.45) is -0.891. The molecule has 0 radical (unpaired) electrons. The molecule has 0 rings (SSSR count). The molecule has 0 unspecified atom stereocenters. The summed E-state index contributed by atoms with van der Waals surface area (Å²) in [5.74, 6) is -0.963. The zero-order valence-corrected chi connectivity index (χ0v) is 4.09. The Bertz CT molecular complexity index is 71.7. The van der Waals surface area contributed by atoms with Gasteiger partial charge in [-0.1, -0.05) is 0 Å². The SMILES string of the molecule is C[C@H](O)CC(=O)O.[NaH]. The van der Waals surface area contributed by atoms with Crippen LogP contribution in [0.5, 0.6) is 0 Å². The number of carboxylic acids is 1. The second-order valence-electron chi connectivity index (χ2n) is 1.45. The Labute approximate surface area is 70.0 Å². The Morgan fingerprint density at radius 2 is 2.12 bits per heavy atom. The third-order valence-corrected chi connectivity index (χ3v) is 0.470. The predicted molar refractivity (Wildman–Crippen MR) is 31.1 cm³/mol. The van der Waals surface area contributed by atoms with Gasteiger partial charge >= 0.3 is 35.5 Å². The van der Waals surface area contributed by atoms with Crippen LogP contribution in [0.3, 0.4) is 0 Å². The normalized spacial score (nSPS) is 11.8. The number of aliphatic hydroxyl groups excluding tert-OH is 1.